The number of hydrogen-bond donors (Lipinski definition) is 0. The van der Waals surface area contributed by atoms with Crippen LogP contribution in [0.3, 0.4) is 0 Å². The lowest BCUT2D eigenvalue weighted by atomic mass is 10.0. The van der Waals surface area contributed by atoms with E-state index in [1.54, 1.807) is 6.92 Å². The van der Waals surface area contributed by atoms with Gasteiger partial charge in [-0.3, -0.25) is 4.79 Å². The normalized spacial score (nSPS) is 27.0. The van der Waals surface area contributed by atoms with E-state index in [1.165, 1.54) is 16.4 Å². The number of carbonyl (C=O) groups is 1. The third kappa shape index (κ3) is 1.88. The number of rotatable bonds is 1. The summed E-state index contributed by atoms with van der Waals surface area (Å²) in [5.41, 5.74) is 0.880. The van der Waals surface area contributed by atoms with E-state index in [0.717, 1.165) is 4.31 Å². The summed E-state index contributed by atoms with van der Waals surface area (Å²) in [5.74, 6) is -0.453. The average molecular weight is 340 g/mol. The van der Waals surface area contributed by atoms with E-state index >= 15 is 0 Å². The van der Waals surface area contributed by atoms with Gasteiger partial charge in [-0.25, -0.2) is 4.85 Å². The second-order valence-corrected chi connectivity index (χ2v) is 7.69. The zero-order chi connectivity index (χ0) is 16.2. The topological polar surface area (TPSA) is 62.1 Å². The fourth-order valence-corrected chi connectivity index (χ4v) is 5.20. The summed E-state index contributed by atoms with van der Waals surface area (Å²) in [5, 5.41) is 0.176. The quantitative estimate of drug-likeness (QED) is 0.738. The van der Waals surface area contributed by atoms with Crippen LogP contribution in [-0.4, -0.2) is 31.2 Å². The maximum absolute atomic E-state index is 12.7. The van der Waals surface area contributed by atoms with E-state index in [4.69, 9.17) is 18.2 Å². The van der Waals surface area contributed by atoms with Crippen LogP contribution in [0.25, 0.3) is 4.85 Å². The molecule has 2 saturated heterocycles. The van der Waals surface area contributed by atoms with Crippen molar-refractivity contribution in [3.05, 3.63) is 34.1 Å². The summed E-state index contributed by atoms with van der Waals surface area (Å²) < 4.78 is 27.4. The highest BCUT2D eigenvalue weighted by atomic mass is 35.5. The third-order valence-corrected chi connectivity index (χ3v) is 6.63. The molecule has 2 heterocycles. The smallest absolute Gasteiger partial charge is 0.271 e. The van der Waals surface area contributed by atoms with Crippen molar-refractivity contribution >= 4 is 39.1 Å². The van der Waals surface area contributed by atoms with E-state index < -0.39 is 22.2 Å². The summed E-state index contributed by atoms with van der Waals surface area (Å²) in [4.78, 5) is 15.9. The molecule has 1 aromatic rings. The van der Waals surface area contributed by atoms with E-state index in [1.807, 2.05) is 6.92 Å². The maximum atomic E-state index is 12.7. The zero-order valence-corrected chi connectivity index (χ0v) is 13.6. The molecule has 2 atom stereocenters. The number of fused-ring (bicyclic) bond motifs is 1. The molecule has 116 valence electrons. The second kappa shape index (κ2) is 4.95. The first-order valence-corrected chi connectivity index (χ1v) is 8.60. The van der Waals surface area contributed by atoms with Crippen molar-refractivity contribution in [1.82, 2.24) is 4.31 Å². The molecular weight excluding hydrogens is 326 g/mol. The van der Waals surface area contributed by atoms with E-state index in [-0.39, 0.29) is 22.3 Å². The van der Waals surface area contributed by atoms with Gasteiger partial charge in [0.2, 0.25) is 5.69 Å². The number of anilines is 1. The van der Waals surface area contributed by atoms with Crippen LogP contribution in [0, 0.1) is 19.4 Å². The highest BCUT2D eigenvalue weighted by molar-refractivity contribution is 7.91. The molecule has 3 rings (SSSR count). The monoisotopic (exact) mass is 339 g/mol. The van der Waals surface area contributed by atoms with Crippen LogP contribution < -0.4 is 4.31 Å². The Morgan fingerprint density at radius 1 is 1.41 bits per heavy atom. The van der Waals surface area contributed by atoms with Crippen molar-refractivity contribution in [2.75, 3.05) is 10.8 Å². The summed E-state index contributed by atoms with van der Waals surface area (Å²) >= 11 is 6.11. The van der Waals surface area contributed by atoms with E-state index in [2.05, 4.69) is 4.85 Å². The largest absolute Gasteiger partial charge is 0.311 e. The summed E-state index contributed by atoms with van der Waals surface area (Å²) in [7, 11) is -3.88. The number of halogens is 1. The molecule has 1 aromatic carbocycles. The number of hydrogen-bond acceptors (Lipinski definition) is 3. The Morgan fingerprint density at radius 3 is 2.68 bits per heavy atom. The minimum Gasteiger partial charge on any atom is -0.271 e. The number of nitrogens with zero attached hydrogens (tertiary/aromatic N) is 3. The fourth-order valence-electron chi connectivity index (χ4n) is 3.09. The SMILES string of the molecule is [C-]#[N+]c1ccc(N2C(=O)[C@@H]3[C@H](C)CCN3S2(=O)=O)c(C)c1Cl. The Labute approximate surface area is 134 Å². The molecule has 0 radical (unpaired) electrons. The van der Waals surface area contributed by atoms with Crippen LogP contribution in [0.1, 0.15) is 18.9 Å². The third-order valence-electron chi connectivity index (χ3n) is 4.31. The Hall–Kier alpha value is -1.62. The van der Waals surface area contributed by atoms with Gasteiger partial charge in [-0.15, -0.1) is 0 Å². The van der Waals surface area contributed by atoms with Gasteiger partial charge in [0.15, 0.2) is 0 Å². The molecule has 0 N–H and O–H groups in total. The highest BCUT2D eigenvalue weighted by Gasteiger charge is 2.56. The summed E-state index contributed by atoms with van der Waals surface area (Å²) in [6.07, 6.45) is 0.680. The van der Waals surface area contributed by atoms with Crippen LogP contribution in [0.5, 0.6) is 0 Å². The molecule has 0 aromatic heterocycles. The molecule has 0 saturated carbocycles. The molecule has 2 fully saturated rings. The van der Waals surface area contributed by atoms with E-state index in [0.29, 0.717) is 18.5 Å². The Bertz CT molecular complexity index is 815. The first-order chi connectivity index (χ1) is 10.3. The Morgan fingerprint density at radius 2 is 2.09 bits per heavy atom. The van der Waals surface area contributed by atoms with Crippen LogP contribution in [0.2, 0.25) is 5.02 Å². The minimum absolute atomic E-state index is 0.00873. The van der Waals surface area contributed by atoms with Gasteiger partial charge in [-0.1, -0.05) is 24.6 Å². The van der Waals surface area contributed by atoms with Crippen LogP contribution >= 0.6 is 11.6 Å². The van der Waals surface area contributed by atoms with Gasteiger partial charge in [0.25, 0.3) is 5.91 Å². The summed E-state index contributed by atoms with van der Waals surface area (Å²) in [6, 6.07) is 2.27. The number of carbonyl (C=O) groups excluding carboxylic acids is 1. The van der Waals surface area contributed by atoms with Crippen molar-refractivity contribution < 1.29 is 13.2 Å². The predicted molar refractivity (Wildman–Crippen MR) is 83.1 cm³/mol. The van der Waals surface area contributed by atoms with Gasteiger partial charge in [-0.2, -0.15) is 17.0 Å². The van der Waals surface area contributed by atoms with Crippen molar-refractivity contribution in [3.8, 4) is 0 Å². The molecule has 2 aliphatic heterocycles. The van der Waals surface area contributed by atoms with Crippen LogP contribution in [0.15, 0.2) is 12.1 Å². The summed E-state index contributed by atoms with van der Waals surface area (Å²) in [6.45, 7) is 10.9. The fraction of sp³-hybridized carbons (Fsp3) is 0.429. The number of benzene rings is 1. The van der Waals surface area contributed by atoms with Gasteiger partial charge in [-0.05, 0) is 30.9 Å². The first kappa shape index (κ1) is 15.3. The molecule has 0 unspecified atom stereocenters. The molecule has 0 spiro atoms. The molecule has 6 nitrogen and oxygen atoms in total. The first-order valence-electron chi connectivity index (χ1n) is 6.83. The molecule has 8 heteroatoms. The Kier molecular flexibility index (Phi) is 3.44. The van der Waals surface area contributed by atoms with Crippen molar-refractivity contribution in [3.63, 3.8) is 0 Å². The Balaban J connectivity index is 2.16. The minimum atomic E-state index is -3.88. The lowest BCUT2D eigenvalue weighted by molar-refractivity contribution is -0.120. The molecule has 22 heavy (non-hydrogen) atoms. The van der Waals surface area contributed by atoms with Gasteiger partial charge >= 0.3 is 10.2 Å². The van der Waals surface area contributed by atoms with Crippen LogP contribution in [-0.2, 0) is 15.0 Å². The zero-order valence-electron chi connectivity index (χ0n) is 12.1. The van der Waals surface area contributed by atoms with Gasteiger partial charge in [0, 0.05) is 6.54 Å². The lowest BCUT2D eigenvalue weighted by Gasteiger charge is -2.20. The standard InChI is InChI=1S/C14H14ClN3O3S/c1-8-6-7-17-13(8)14(19)18(22(17,20)21)11-5-4-10(16-3)12(15)9(11)2/h4-5,8,13H,6-7H2,1-2H3/t8-,13+/m1/s1. The van der Waals surface area contributed by atoms with Crippen molar-refractivity contribution in [2.45, 2.75) is 26.3 Å². The highest BCUT2D eigenvalue weighted by Crippen LogP contribution is 2.42. The second-order valence-electron chi connectivity index (χ2n) is 5.59. The van der Waals surface area contributed by atoms with Crippen molar-refractivity contribution in [2.24, 2.45) is 5.92 Å². The molecule has 0 aliphatic carbocycles. The van der Waals surface area contributed by atoms with Gasteiger partial charge < -0.3 is 0 Å². The van der Waals surface area contributed by atoms with E-state index in [9.17, 15) is 13.2 Å². The average Bonchev–Trinajstić information content (AvgIpc) is 2.94. The maximum Gasteiger partial charge on any atom is 0.311 e. The number of amides is 1. The molecular formula is C14H14ClN3O3S. The predicted octanol–water partition coefficient (Wildman–Crippen LogP) is 2.50. The van der Waals surface area contributed by atoms with Crippen molar-refractivity contribution in [1.29, 1.82) is 0 Å². The van der Waals surface area contributed by atoms with Crippen LogP contribution in [0.4, 0.5) is 11.4 Å². The van der Waals surface area contributed by atoms with Gasteiger partial charge in [0.05, 0.1) is 17.3 Å². The molecule has 0 bridgehead atoms. The molecule has 2 aliphatic rings. The lowest BCUT2D eigenvalue weighted by Crippen LogP contribution is -2.34. The molecule has 1 amide bonds. The van der Waals surface area contributed by atoms with Gasteiger partial charge in [0.1, 0.15) is 6.04 Å².